The van der Waals surface area contributed by atoms with Crippen LogP contribution < -0.4 is 0 Å². The molecule has 0 aromatic heterocycles. The largest absolute Gasteiger partial charge is 0.292 e. The average molecular weight is 312 g/mol. The van der Waals surface area contributed by atoms with Gasteiger partial charge >= 0.3 is 0 Å². The van der Waals surface area contributed by atoms with Gasteiger partial charge in [0, 0.05) is 0 Å². The lowest BCUT2D eigenvalue weighted by molar-refractivity contribution is 0.187. The van der Waals surface area contributed by atoms with Gasteiger partial charge in [-0.1, -0.05) is 94.8 Å². The van der Waals surface area contributed by atoms with Crippen molar-refractivity contribution >= 4 is 0 Å². The van der Waals surface area contributed by atoms with Crippen LogP contribution >= 0.6 is 0 Å². The van der Waals surface area contributed by atoms with Crippen molar-refractivity contribution in [1.29, 1.82) is 0 Å². The molecule has 3 rings (SSSR count). The summed E-state index contributed by atoms with van der Waals surface area (Å²) < 4.78 is 0. The van der Waals surface area contributed by atoms with Crippen molar-refractivity contribution in [3.8, 4) is 0 Å². The molecule has 0 radical (unpaired) electrons. The Morgan fingerprint density at radius 2 is 1.00 bits per heavy atom. The highest BCUT2D eigenvalue weighted by atomic mass is 15.2. The number of benzene rings is 2. The molecule has 126 valence electrons. The van der Waals surface area contributed by atoms with E-state index in [0.717, 1.165) is 0 Å². The van der Waals surface area contributed by atoms with Gasteiger partial charge in [-0.05, 0) is 37.1 Å². The first-order valence-corrected chi connectivity index (χ1v) is 9.29. The maximum absolute atomic E-state index is 2.63. The predicted molar refractivity (Wildman–Crippen MR) is 103 cm³/mol. The van der Waals surface area contributed by atoms with Gasteiger partial charge in [-0.3, -0.25) is 4.90 Å². The lowest BCUT2D eigenvalue weighted by Crippen LogP contribution is -2.34. The molecule has 1 heterocycles. The fourth-order valence-corrected chi connectivity index (χ4v) is 3.06. The molecule has 0 unspecified atom stereocenters. The Kier molecular flexibility index (Phi) is 10.1. The molecular weight excluding hydrogens is 278 g/mol. The summed E-state index contributed by atoms with van der Waals surface area (Å²) in [6.45, 7) is 10.4. The Bertz CT molecular complexity index is 446. The van der Waals surface area contributed by atoms with Crippen molar-refractivity contribution in [3.63, 3.8) is 0 Å². The quantitative estimate of drug-likeness (QED) is 0.641. The third-order valence-electron chi connectivity index (χ3n) is 3.99. The molecule has 1 nitrogen and oxygen atoms in total. The molecule has 1 aliphatic rings. The van der Waals surface area contributed by atoms with E-state index in [9.17, 15) is 0 Å². The molecule has 0 atom stereocenters. The van der Waals surface area contributed by atoms with Crippen molar-refractivity contribution in [2.24, 2.45) is 0 Å². The van der Waals surface area contributed by atoms with Gasteiger partial charge in [0.15, 0.2) is 0 Å². The lowest BCUT2D eigenvalue weighted by atomic mass is 9.95. The zero-order valence-electron chi connectivity index (χ0n) is 15.3. The van der Waals surface area contributed by atoms with E-state index in [2.05, 4.69) is 65.6 Å². The van der Waals surface area contributed by atoms with Crippen molar-refractivity contribution in [1.82, 2.24) is 4.90 Å². The van der Waals surface area contributed by atoms with E-state index in [1.54, 1.807) is 0 Å². The summed E-state index contributed by atoms with van der Waals surface area (Å²) in [5.41, 5.74) is 2.83. The smallest absolute Gasteiger partial charge is 0.0601 e. The number of rotatable bonds is 3. The zero-order valence-corrected chi connectivity index (χ0v) is 15.3. The highest BCUT2D eigenvalue weighted by Crippen LogP contribution is 2.30. The summed E-state index contributed by atoms with van der Waals surface area (Å²) in [5.74, 6) is 0. The zero-order chi connectivity index (χ0) is 16.9. The van der Waals surface area contributed by atoms with E-state index in [-0.39, 0.29) is 0 Å². The molecule has 1 saturated heterocycles. The monoisotopic (exact) mass is 311 g/mol. The molecule has 1 fully saturated rings. The minimum Gasteiger partial charge on any atom is -0.292 e. The predicted octanol–water partition coefficient (Wildman–Crippen LogP) is 6.31. The maximum atomic E-state index is 2.63. The molecule has 0 amide bonds. The van der Waals surface area contributed by atoms with E-state index in [4.69, 9.17) is 0 Å². The van der Waals surface area contributed by atoms with Crippen LogP contribution in [0.2, 0.25) is 0 Å². The van der Waals surface area contributed by atoms with Crippen molar-refractivity contribution < 1.29 is 0 Å². The lowest BCUT2D eigenvalue weighted by Gasteiger charge is -2.35. The molecule has 1 heteroatoms. The molecule has 0 aliphatic carbocycles. The molecule has 0 spiro atoms. The minimum absolute atomic E-state index is 0.419. The van der Waals surface area contributed by atoms with E-state index in [1.807, 2.05) is 27.7 Å². The molecule has 2 aromatic rings. The van der Waals surface area contributed by atoms with E-state index < -0.39 is 0 Å². The van der Waals surface area contributed by atoms with E-state index >= 15 is 0 Å². The Morgan fingerprint density at radius 1 is 0.609 bits per heavy atom. The Labute approximate surface area is 143 Å². The fraction of sp³-hybridized carbons (Fsp3) is 0.455. The Morgan fingerprint density at radius 3 is 1.39 bits per heavy atom. The normalized spacial score (nSPS) is 14.3. The number of nitrogens with zero attached hydrogens (tertiary/aromatic N) is 1. The van der Waals surface area contributed by atoms with Crippen LogP contribution in [0.5, 0.6) is 0 Å². The fourth-order valence-electron chi connectivity index (χ4n) is 3.06. The van der Waals surface area contributed by atoms with Gasteiger partial charge in [0.25, 0.3) is 0 Å². The molecule has 2 aromatic carbocycles. The highest BCUT2D eigenvalue weighted by Gasteiger charge is 2.23. The summed E-state index contributed by atoms with van der Waals surface area (Å²) in [4.78, 5) is 2.63. The number of piperidine rings is 1. The van der Waals surface area contributed by atoms with Crippen LogP contribution in [0, 0.1) is 0 Å². The van der Waals surface area contributed by atoms with Crippen LogP contribution in [-0.2, 0) is 0 Å². The third-order valence-corrected chi connectivity index (χ3v) is 3.99. The SMILES string of the molecule is CC.CC.c1ccc(C(c2ccccc2)N2CCCCC2)cc1. The van der Waals surface area contributed by atoms with Crippen molar-refractivity contribution in [2.45, 2.75) is 53.0 Å². The summed E-state index contributed by atoms with van der Waals surface area (Å²) in [6, 6.07) is 22.2. The first kappa shape index (κ1) is 19.4. The van der Waals surface area contributed by atoms with Gasteiger partial charge in [0.1, 0.15) is 0 Å². The summed E-state index contributed by atoms with van der Waals surface area (Å²) in [6.07, 6.45) is 4.04. The van der Waals surface area contributed by atoms with Crippen molar-refractivity contribution in [3.05, 3.63) is 71.8 Å². The van der Waals surface area contributed by atoms with Gasteiger partial charge in [-0.25, -0.2) is 0 Å². The van der Waals surface area contributed by atoms with Gasteiger partial charge in [0.05, 0.1) is 6.04 Å². The van der Waals surface area contributed by atoms with Gasteiger partial charge in [0.2, 0.25) is 0 Å². The Hall–Kier alpha value is -1.60. The van der Waals surface area contributed by atoms with Gasteiger partial charge < -0.3 is 0 Å². The van der Waals surface area contributed by atoms with Crippen LogP contribution in [0.4, 0.5) is 0 Å². The van der Waals surface area contributed by atoms with Crippen LogP contribution in [0.25, 0.3) is 0 Å². The standard InChI is InChI=1S/C18H21N.2C2H6/c1-4-10-16(11-5-1)18(17-12-6-2-7-13-17)19-14-8-3-9-15-19;2*1-2/h1-2,4-7,10-13,18H,3,8-9,14-15H2;2*1-2H3. The third kappa shape index (κ3) is 5.84. The number of hydrogen-bond acceptors (Lipinski definition) is 1. The van der Waals surface area contributed by atoms with Gasteiger partial charge in [-0.2, -0.15) is 0 Å². The summed E-state index contributed by atoms with van der Waals surface area (Å²) in [5, 5.41) is 0. The highest BCUT2D eigenvalue weighted by molar-refractivity contribution is 5.31. The second kappa shape index (κ2) is 11.9. The van der Waals surface area contributed by atoms with Crippen LogP contribution in [-0.4, -0.2) is 18.0 Å². The molecule has 1 aliphatic heterocycles. The van der Waals surface area contributed by atoms with Crippen molar-refractivity contribution in [2.75, 3.05) is 13.1 Å². The average Bonchev–Trinajstić information content (AvgIpc) is 2.68. The Balaban J connectivity index is 0.000000615. The first-order valence-electron chi connectivity index (χ1n) is 9.29. The second-order valence-electron chi connectivity index (χ2n) is 5.32. The minimum atomic E-state index is 0.419. The molecular formula is C22H33N. The number of hydrogen-bond donors (Lipinski definition) is 0. The number of likely N-dealkylation sites (tertiary alicyclic amines) is 1. The molecule has 0 saturated carbocycles. The topological polar surface area (TPSA) is 3.24 Å². The summed E-state index contributed by atoms with van der Waals surface area (Å²) >= 11 is 0. The summed E-state index contributed by atoms with van der Waals surface area (Å²) in [7, 11) is 0. The van der Waals surface area contributed by atoms with Crippen LogP contribution in [0.1, 0.15) is 64.1 Å². The second-order valence-corrected chi connectivity index (χ2v) is 5.32. The van der Waals surface area contributed by atoms with Gasteiger partial charge in [-0.15, -0.1) is 0 Å². The molecule has 0 bridgehead atoms. The molecule has 23 heavy (non-hydrogen) atoms. The maximum Gasteiger partial charge on any atom is 0.0601 e. The van der Waals surface area contributed by atoms with Crippen LogP contribution in [0.15, 0.2) is 60.7 Å². The van der Waals surface area contributed by atoms with E-state index in [0.29, 0.717) is 6.04 Å². The van der Waals surface area contributed by atoms with Crippen LogP contribution in [0.3, 0.4) is 0 Å². The molecule has 0 N–H and O–H groups in total. The van der Waals surface area contributed by atoms with E-state index in [1.165, 1.54) is 43.5 Å². The first-order chi connectivity index (χ1) is 11.4.